The van der Waals surface area contributed by atoms with E-state index >= 15 is 0 Å². The zero-order chi connectivity index (χ0) is 16.2. The second-order valence-electron chi connectivity index (χ2n) is 5.71. The first kappa shape index (κ1) is 16.3. The summed E-state index contributed by atoms with van der Waals surface area (Å²) in [6.07, 6.45) is 4.62. The molecule has 1 heterocycles. The Hall–Kier alpha value is -1.53. The van der Waals surface area contributed by atoms with Gasteiger partial charge in [0.15, 0.2) is 11.0 Å². The molecule has 1 aromatic carbocycles. The van der Waals surface area contributed by atoms with E-state index in [1.807, 2.05) is 35.9 Å². The van der Waals surface area contributed by atoms with Crippen LogP contribution in [-0.2, 0) is 11.8 Å². The minimum absolute atomic E-state index is 0.0675. The quantitative estimate of drug-likeness (QED) is 0.841. The Kier molecular flexibility index (Phi) is 5.23. The van der Waals surface area contributed by atoms with E-state index in [2.05, 4.69) is 15.5 Å². The summed E-state index contributed by atoms with van der Waals surface area (Å²) in [5, 5.41) is 12.9. The molecule has 0 spiro atoms. The zero-order valence-electron chi connectivity index (χ0n) is 13.0. The van der Waals surface area contributed by atoms with Gasteiger partial charge in [0.1, 0.15) is 0 Å². The minimum atomic E-state index is 0.0675. The molecule has 1 aliphatic carbocycles. The van der Waals surface area contributed by atoms with Crippen molar-refractivity contribution in [2.75, 3.05) is 5.75 Å². The molecule has 0 bridgehead atoms. The maximum Gasteiger partial charge on any atom is 0.230 e. The molecule has 7 heteroatoms. The molecule has 0 aliphatic heterocycles. The topological polar surface area (TPSA) is 59.8 Å². The Morgan fingerprint density at radius 3 is 2.70 bits per heavy atom. The van der Waals surface area contributed by atoms with Gasteiger partial charge < -0.3 is 9.88 Å². The number of thioether (sulfide) groups is 1. The number of benzene rings is 1. The predicted octanol–water partition coefficient (Wildman–Crippen LogP) is 3.29. The predicted molar refractivity (Wildman–Crippen MR) is 92.6 cm³/mol. The minimum Gasteiger partial charge on any atom is -0.353 e. The van der Waals surface area contributed by atoms with Gasteiger partial charge in [0, 0.05) is 23.7 Å². The average Bonchev–Trinajstić information content (AvgIpc) is 3.16. The lowest BCUT2D eigenvalue weighted by Gasteiger charge is -2.11. The van der Waals surface area contributed by atoms with Crippen LogP contribution >= 0.6 is 23.4 Å². The highest BCUT2D eigenvalue weighted by atomic mass is 35.5. The first-order valence-corrected chi connectivity index (χ1v) is 9.07. The van der Waals surface area contributed by atoms with E-state index in [1.165, 1.54) is 24.6 Å². The van der Waals surface area contributed by atoms with Crippen LogP contribution in [0, 0.1) is 0 Å². The summed E-state index contributed by atoms with van der Waals surface area (Å²) >= 11 is 7.32. The molecule has 1 amide bonds. The fraction of sp³-hybridized carbons (Fsp3) is 0.438. The van der Waals surface area contributed by atoms with Crippen LogP contribution in [0.1, 0.15) is 25.7 Å². The van der Waals surface area contributed by atoms with E-state index < -0.39 is 0 Å². The smallest absolute Gasteiger partial charge is 0.230 e. The number of carbonyl (C=O) groups is 1. The van der Waals surface area contributed by atoms with Gasteiger partial charge in [-0.25, -0.2) is 0 Å². The number of hydrogen-bond acceptors (Lipinski definition) is 4. The van der Waals surface area contributed by atoms with Crippen LogP contribution in [0.2, 0.25) is 5.02 Å². The van der Waals surface area contributed by atoms with Crippen molar-refractivity contribution >= 4 is 29.3 Å². The van der Waals surface area contributed by atoms with Gasteiger partial charge in [0.05, 0.1) is 5.75 Å². The average molecular weight is 351 g/mol. The molecule has 0 radical (unpaired) electrons. The second-order valence-corrected chi connectivity index (χ2v) is 7.09. The number of carbonyl (C=O) groups excluding carboxylic acids is 1. The number of rotatable bonds is 5. The van der Waals surface area contributed by atoms with Crippen LogP contribution in [0.15, 0.2) is 29.4 Å². The van der Waals surface area contributed by atoms with Gasteiger partial charge in [-0.3, -0.25) is 4.79 Å². The zero-order valence-corrected chi connectivity index (χ0v) is 14.5. The number of hydrogen-bond donors (Lipinski definition) is 1. The van der Waals surface area contributed by atoms with Crippen molar-refractivity contribution in [2.24, 2.45) is 7.05 Å². The van der Waals surface area contributed by atoms with Gasteiger partial charge in [-0.15, -0.1) is 10.2 Å². The van der Waals surface area contributed by atoms with Crippen molar-refractivity contribution in [3.05, 3.63) is 29.3 Å². The van der Waals surface area contributed by atoms with Gasteiger partial charge in [0.2, 0.25) is 5.91 Å². The molecule has 5 nitrogen and oxygen atoms in total. The summed E-state index contributed by atoms with van der Waals surface area (Å²) in [5.74, 6) is 1.20. The second kappa shape index (κ2) is 7.36. The van der Waals surface area contributed by atoms with Crippen LogP contribution in [-0.4, -0.2) is 32.5 Å². The summed E-state index contributed by atoms with van der Waals surface area (Å²) in [4.78, 5) is 12.0. The van der Waals surface area contributed by atoms with Gasteiger partial charge in [-0.1, -0.05) is 36.2 Å². The number of nitrogens with one attached hydrogen (secondary N) is 1. The van der Waals surface area contributed by atoms with Gasteiger partial charge in [-0.2, -0.15) is 0 Å². The molecular weight excluding hydrogens is 332 g/mol. The lowest BCUT2D eigenvalue weighted by Crippen LogP contribution is -2.33. The molecule has 1 aliphatic rings. The Morgan fingerprint density at radius 1 is 1.30 bits per heavy atom. The van der Waals surface area contributed by atoms with Crippen molar-refractivity contribution in [1.82, 2.24) is 20.1 Å². The fourth-order valence-corrected chi connectivity index (χ4v) is 3.61. The Labute approximate surface area is 144 Å². The fourth-order valence-electron chi connectivity index (χ4n) is 2.76. The van der Waals surface area contributed by atoms with Crippen LogP contribution in [0.4, 0.5) is 0 Å². The first-order valence-electron chi connectivity index (χ1n) is 7.71. The van der Waals surface area contributed by atoms with Crippen LogP contribution in [0.3, 0.4) is 0 Å². The maximum absolute atomic E-state index is 12.0. The number of aromatic nitrogens is 3. The third kappa shape index (κ3) is 4.06. The molecule has 0 unspecified atom stereocenters. The number of amides is 1. The normalized spacial score (nSPS) is 15.0. The number of nitrogens with zero attached hydrogens (tertiary/aromatic N) is 3. The molecule has 1 saturated carbocycles. The highest BCUT2D eigenvalue weighted by molar-refractivity contribution is 7.99. The molecule has 0 saturated heterocycles. The Morgan fingerprint density at radius 2 is 2.00 bits per heavy atom. The molecule has 1 fully saturated rings. The van der Waals surface area contributed by atoms with Gasteiger partial charge in [0.25, 0.3) is 0 Å². The van der Waals surface area contributed by atoms with E-state index in [0.29, 0.717) is 16.8 Å². The lowest BCUT2D eigenvalue weighted by atomic mass is 10.2. The highest BCUT2D eigenvalue weighted by Gasteiger charge is 2.18. The summed E-state index contributed by atoms with van der Waals surface area (Å²) in [6.45, 7) is 0. The van der Waals surface area contributed by atoms with Crippen molar-refractivity contribution in [1.29, 1.82) is 0 Å². The standard InChI is InChI=1S/C16H19ClN4OS/c1-21-15(11-6-8-12(17)9-7-11)19-20-16(21)23-10-14(22)18-13-4-2-3-5-13/h6-9,13H,2-5,10H2,1H3,(H,18,22). The third-order valence-electron chi connectivity index (χ3n) is 3.99. The molecule has 3 rings (SSSR count). The maximum atomic E-state index is 12.0. The van der Waals surface area contributed by atoms with Crippen LogP contribution in [0.25, 0.3) is 11.4 Å². The van der Waals surface area contributed by atoms with Crippen molar-refractivity contribution < 1.29 is 4.79 Å². The summed E-state index contributed by atoms with van der Waals surface area (Å²) in [5.41, 5.74) is 0.951. The summed E-state index contributed by atoms with van der Waals surface area (Å²) < 4.78 is 1.90. The lowest BCUT2D eigenvalue weighted by molar-refractivity contribution is -0.119. The van der Waals surface area contributed by atoms with E-state index in [-0.39, 0.29) is 5.91 Å². The molecular formula is C16H19ClN4OS. The van der Waals surface area contributed by atoms with E-state index in [0.717, 1.165) is 29.4 Å². The Balaban J connectivity index is 1.60. The highest BCUT2D eigenvalue weighted by Crippen LogP contribution is 2.24. The largest absolute Gasteiger partial charge is 0.353 e. The van der Waals surface area contributed by atoms with Crippen LogP contribution in [0.5, 0.6) is 0 Å². The van der Waals surface area contributed by atoms with E-state index in [1.54, 1.807) is 0 Å². The van der Waals surface area contributed by atoms with Gasteiger partial charge in [-0.05, 0) is 37.1 Å². The molecule has 122 valence electrons. The van der Waals surface area contributed by atoms with Gasteiger partial charge >= 0.3 is 0 Å². The number of halogens is 1. The first-order chi connectivity index (χ1) is 11.1. The summed E-state index contributed by atoms with van der Waals surface area (Å²) in [7, 11) is 1.90. The SMILES string of the molecule is Cn1c(SCC(=O)NC2CCCC2)nnc1-c1ccc(Cl)cc1. The molecule has 1 aromatic heterocycles. The molecule has 2 aromatic rings. The monoisotopic (exact) mass is 350 g/mol. The van der Waals surface area contributed by atoms with Crippen molar-refractivity contribution in [3.8, 4) is 11.4 Å². The molecule has 1 N–H and O–H groups in total. The van der Waals surface area contributed by atoms with E-state index in [9.17, 15) is 4.79 Å². The summed E-state index contributed by atoms with van der Waals surface area (Å²) in [6, 6.07) is 7.83. The molecule has 0 atom stereocenters. The van der Waals surface area contributed by atoms with Crippen LogP contribution < -0.4 is 5.32 Å². The third-order valence-corrected chi connectivity index (χ3v) is 5.26. The van der Waals surface area contributed by atoms with Crippen molar-refractivity contribution in [2.45, 2.75) is 36.9 Å². The Bertz CT molecular complexity index is 680. The van der Waals surface area contributed by atoms with Crippen molar-refractivity contribution in [3.63, 3.8) is 0 Å². The van der Waals surface area contributed by atoms with E-state index in [4.69, 9.17) is 11.6 Å². The molecule has 23 heavy (non-hydrogen) atoms.